The van der Waals surface area contributed by atoms with Crippen LogP contribution >= 0.6 is 0 Å². The molecule has 1 aliphatic rings. The number of hydrogen-bond donors (Lipinski definition) is 1. The molecular weight excluding hydrogens is 465 g/mol. The Labute approximate surface area is 200 Å². The fourth-order valence-electron chi connectivity index (χ4n) is 4.29. The van der Waals surface area contributed by atoms with Crippen molar-refractivity contribution in [2.75, 3.05) is 26.6 Å². The lowest BCUT2D eigenvalue weighted by Crippen LogP contribution is -2.36. The highest BCUT2D eigenvalue weighted by Crippen LogP contribution is 2.44. The number of ether oxygens (including phenoxy) is 2. The van der Waals surface area contributed by atoms with Crippen molar-refractivity contribution in [3.05, 3.63) is 53.0 Å². The van der Waals surface area contributed by atoms with E-state index in [1.54, 1.807) is 43.2 Å². The van der Waals surface area contributed by atoms with Crippen molar-refractivity contribution in [3.63, 3.8) is 0 Å². The van der Waals surface area contributed by atoms with Gasteiger partial charge in [-0.15, -0.1) is 0 Å². The number of fused-ring (bicyclic) bond motifs is 1. The van der Waals surface area contributed by atoms with Gasteiger partial charge >= 0.3 is 6.18 Å². The van der Waals surface area contributed by atoms with Crippen LogP contribution < -0.4 is 14.8 Å². The Balaban J connectivity index is 1.63. The zero-order chi connectivity index (χ0) is 25.5. The molecule has 1 aliphatic heterocycles. The van der Waals surface area contributed by atoms with E-state index in [1.165, 1.54) is 25.2 Å². The molecule has 3 heterocycles. The predicted molar refractivity (Wildman–Crippen MR) is 122 cm³/mol. The van der Waals surface area contributed by atoms with Gasteiger partial charge in [-0.3, -0.25) is 9.48 Å². The molecule has 0 radical (unpaired) electrons. The molecule has 2 atom stereocenters. The number of anilines is 1. The van der Waals surface area contributed by atoms with Crippen LogP contribution in [0.25, 0.3) is 0 Å². The average Bonchev–Trinajstić information content (AvgIpc) is 3.38. The Hall–Kier alpha value is -3.70. The van der Waals surface area contributed by atoms with Crippen LogP contribution in [0.15, 0.2) is 30.5 Å². The quantitative estimate of drug-likeness (QED) is 0.562. The second-order valence-electron chi connectivity index (χ2n) is 8.54. The molecule has 35 heavy (non-hydrogen) atoms. The van der Waals surface area contributed by atoms with Crippen LogP contribution in [0.2, 0.25) is 0 Å². The minimum atomic E-state index is -4.56. The number of hydrogen-bond acceptors (Lipinski definition) is 6. The number of aromatic nitrogens is 4. The van der Waals surface area contributed by atoms with Crippen LogP contribution in [0.4, 0.5) is 19.0 Å². The summed E-state index contributed by atoms with van der Waals surface area (Å²) >= 11 is 0. The second kappa shape index (κ2) is 9.16. The summed E-state index contributed by atoms with van der Waals surface area (Å²) in [6.07, 6.45) is -3.06. The average molecular weight is 493 g/mol. The third-order valence-electron chi connectivity index (χ3n) is 6.09. The SMILES string of the molecule is COc1ccc(C2CC(C(F)(F)F)n3nc(C(=O)N(C)Cc4cn(C)nc4C)cc3N2)cc1OC. The fraction of sp³-hybridized carbons (Fsp3) is 0.435. The number of carbonyl (C=O) groups excluding carboxylic acids is 1. The molecule has 1 amide bonds. The van der Waals surface area contributed by atoms with Gasteiger partial charge in [0.25, 0.3) is 5.91 Å². The van der Waals surface area contributed by atoms with Crippen molar-refractivity contribution in [3.8, 4) is 11.5 Å². The number of nitrogens with one attached hydrogen (secondary N) is 1. The molecule has 0 saturated carbocycles. The lowest BCUT2D eigenvalue weighted by atomic mass is 9.96. The van der Waals surface area contributed by atoms with E-state index in [0.717, 1.165) is 15.9 Å². The summed E-state index contributed by atoms with van der Waals surface area (Å²) < 4.78 is 55.1. The molecule has 1 N–H and O–H groups in total. The van der Waals surface area contributed by atoms with Crippen molar-refractivity contribution < 1.29 is 27.4 Å². The molecule has 3 aromatic rings. The van der Waals surface area contributed by atoms with Crippen molar-refractivity contribution in [2.45, 2.75) is 38.1 Å². The van der Waals surface area contributed by atoms with E-state index in [-0.39, 0.29) is 24.5 Å². The van der Waals surface area contributed by atoms with Crippen LogP contribution in [0.3, 0.4) is 0 Å². The van der Waals surface area contributed by atoms with Gasteiger partial charge in [0.1, 0.15) is 5.82 Å². The first-order valence-corrected chi connectivity index (χ1v) is 10.9. The molecule has 2 unspecified atom stereocenters. The van der Waals surface area contributed by atoms with Crippen LogP contribution in [-0.2, 0) is 13.6 Å². The first-order valence-electron chi connectivity index (χ1n) is 10.9. The monoisotopic (exact) mass is 492 g/mol. The molecular formula is C23H27F3N6O3. The third-order valence-corrected chi connectivity index (χ3v) is 6.09. The van der Waals surface area contributed by atoms with Gasteiger partial charge in [0.15, 0.2) is 23.2 Å². The van der Waals surface area contributed by atoms with Crippen LogP contribution in [-0.4, -0.2) is 57.8 Å². The lowest BCUT2D eigenvalue weighted by molar-refractivity contribution is -0.173. The van der Waals surface area contributed by atoms with Gasteiger partial charge < -0.3 is 19.7 Å². The van der Waals surface area contributed by atoms with Gasteiger partial charge in [0.2, 0.25) is 0 Å². The molecule has 0 saturated heterocycles. The molecule has 0 spiro atoms. The zero-order valence-corrected chi connectivity index (χ0v) is 20.1. The summed E-state index contributed by atoms with van der Waals surface area (Å²) in [5, 5.41) is 11.4. The van der Waals surface area contributed by atoms with Crippen LogP contribution in [0, 0.1) is 6.92 Å². The fourth-order valence-corrected chi connectivity index (χ4v) is 4.29. The molecule has 188 valence electrons. The smallest absolute Gasteiger partial charge is 0.410 e. The van der Waals surface area contributed by atoms with Gasteiger partial charge in [0, 0.05) is 44.9 Å². The number of alkyl halides is 3. The van der Waals surface area contributed by atoms with E-state index in [4.69, 9.17) is 9.47 Å². The largest absolute Gasteiger partial charge is 0.493 e. The number of carbonyl (C=O) groups is 1. The molecule has 4 rings (SSSR count). The molecule has 9 nitrogen and oxygen atoms in total. The number of methoxy groups -OCH3 is 2. The van der Waals surface area contributed by atoms with Gasteiger partial charge in [-0.2, -0.15) is 23.4 Å². The molecule has 1 aromatic carbocycles. The summed E-state index contributed by atoms with van der Waals surface area (Å²) in [6, 6.07) is 3.77. The Morgan fingerprint density at radius 2 is 1.91 bits per heavy atom. The van der Waals surface area contributed by atoms with Crippen molar-refractivity contribution in [2.24, 2.45) is 7.05 Å². The number of aryl methyl sites for hydroxylation is 2. The summed E-state index contributed by atoms with van der Waals surface area (Å²) in [4.78, 5) is 14.4. The Bertz CT molecular complexity index is 1240. The molecule has 12 heteroatoms. The number of amides is 1. The molecule has 0 bridgehead atoms. The number of rotatable bonds is 6. The first kappa shape index (κ1) is 24.4. The summed E-state index contributed by atoms with van der Waals surface area (Å²) in [5.74, 6) is 0.523. The van der Waals surface area contributed by atoms with Gasteiger partial charge in [-0.05, 0) is 24.6 Å². The molecule has 0 aliphatic carbocycles. The van der Waals surface area contributed by atoms with Crippen molar-refractivity contribution >= 4 is 11.7 Å². The topological polar surface area (TPSA) is 86.4 Å². The predicted octanol–water partition coefficient (Wildman–Crippen LogP) is 3.87. The van der Waals surface area contributed by atoms with E-state index < -0.39 is 24.2 Å². The maximum Gasteiger partial charge on any atom is 0.410 e. The Kier molecular flexibility index (Phi) is 6.39. The van der Waals surface area contributed by atoms with E-state index >= 15 is 0 Å². The minimum absolute atomic E-state index is 0.0706. The van der Waals surface area contributed by atoms with E-state index in [2.05, 4.69) is 15.5 Å². The van der Waals surface area contributed by atoms with Crippen LogP contribution in [0.5, 0.6) is 11.5 Å². The standard InChI is InChI=1S/C23H27F3N6O3/c1-13-15(12-31(3)28-13)11-30(2)22(33)17-10-21-27-16(9-20(23(24,25)26)32(21)29-17)14-6-7-18(34-4)19(8-14)35-5/h6-8,10,12,16,20,27H,9,11H2,1-5H3. The normalized spacial score (nSPS) is 17.5. The van der Waals surface area contributed by atoms with Crippen LogP contribution in [0.1, 0.15) is 45.8 Å². The van der Waals surface area contributed by atoms with Gasteiger partial charge in [-0.25, -0.2) is 4.68 Å². The van der Waals surface area contributed by atoms with Crippen molar-refractivity contribution in [1.29, 1.82) is 0 Å². The Morgan fingerprint density at radius 3 is 2.51 bits per heavy atom. The highest BCUT2D eigenvalue weighted by Gasteiger charge is 2.47. The van der Waals surface area contributed by atoms with Crippen molar-refractivity contribution in [1.82, 2.24) is 24.5 Å². The second-order valence-corrected chi connectivity index (χ2v) is 8.54. The maximum atomic E-state index is 14.0. The maximum absolute atomic E-state index is 14.0. The highest BCUT2D eigenvalue weighted by molar-refractivity contribution is 5.93. The number of benzene rings is 1. The zero-order valence-electron chi connectivity index (χ0n) is 20.1. The Morgan fingerprint density at radius 1 is 1.20 bits per heavy atom. The summed E-state index contributed by atoms with van der Waals surface area (Å²) in [5.41, 5.74) is 2.14. The third kappa shape index (κ3) is 4.77. The van der Waals surface area contributed by atoms with Gasteiger partial charge in [0.05, 0.1) is 26.0 Å². The summed E-state index contributed by atoms with van der Waals surface area (Å²) in [7, 11) is 6.30. The minimum Gasteiger partial charge on any atom is -0.493 e. The van der Waals surface area contributed by atoms with E-state index in [1.807, 2.05) is 6.92 Å². The molecule has 0 fully saturated rings. The van der Waals surface area contributed by atoms with Gasteiger partial charge in [-0.1, -0.05) is 6.07 Å². The summed E-state index contributed by atoms with van der Waals surface area (Å²) in [6.45, 7) is 2.08. The van der Waals surface area contributed by atoms with E-state index in [9.17, 15) is 18.0 Å². The first-order chi connectivity index (χ1) is 16.5. The number of halogens is 3. The highest BCUT2D eigenvalue weighted by atomic mass is 19.4. The molecule has 2 aromatic heterocycles. The lowest BCUT2D eigenvalue weighted by Gasteiger charge is -2.33. The van der Waals surface area contributed by atoms with E-state index in [0.29, 0.717) is 17.1 Å². The number of nitrogens with zero attached hydrogens (tertiary/aromatic N) is 5.